The van der Waals surface area contributed by atoms with E-state index < -0.39 is 17.6 Å². The van der Waals surface area contributed by atoms with Crippen molar-refractivity contribution in [2.45, 2.75) is 38.5 Å². The molecule has 0 aromatic heterocycles. The fourth-order valence-electron chi connectivity index (χ4n) is 2.60. The molecule has 128 valence electrons. The number of nitrogens with two attached hydrogens (primary N) is 1. The Morgan fingerprint density at radius 2 is 2.17 bits per heavy atom. The van der Waals surface area contributed by atoms with Gasteiger partial charge in [0.15, 0.2) is 0 Å². The minimum atomic E-state index is -4.61. The first-order valence-corrected chi connectivity index (χ1v) is 7.70. The zero-order valence-electron chi connectivity index (χ0n) is 13.0. The third-order valence-corrected chi connectivity index (χ3v) is 3.86. The lowest BCUT2D eigenvalue weighted by atomic mass is 10.0. The van der Waals surface area contributed by atoms with E-state index in [-0.39, 0.29) is 17.4 Å². The normalized spacial score (nSPS) is 18.4. The molecule has 1 atom stereocenters. The summed E-state index contributed by atoms with van der Waals surface area (Å²) >= 11 is 0. The molecule has 4 nitrogen and oxygen atoms in total. The fraction of sp³-hybridized carbons (Fsp3) is 0.562. The number of rotatable bonds is 5. The molecule has 7 heteroatoms. The van der Waals surface area contributed by atoms with Gasteiger partial charge in [-0.2, -0.15) is 13.2 Å². The molecule has 0 bridgehead atoms. The van der Waals surface area contributed by atoms with Gasteiger partial charge in [0.25, 0.3) is 5.91 Å². The predicted octanol–water partition coefficient (Wildman–Crippen LogP) is 3.32. The van der Waals surface area contributed by atoms with Crippen molar-refractivity contribution >= 4 is 11.6 Å². The van der Waals surface area contributed by atoms with E-state index in [4.69, 9.17) is 10.5 Å². The molecular weight excluding hydrogens is 309 g/mol. The highest BCUT2D eigenvalue weighted by atomic mass is 19.4. The number of nitrogens with zero attached hydrogens (tertiary/aromatic N) is 1. The molecule has 1 aliphatic rings. The van der Waals surface area contributed by atoms with Crippen LogP contribution in [0.1, 0.15) is 42.1 Å². The lowest BCUT2D eigenvalue weighted by Crippen LogP contribution is -2.32. The van der Waals surface area contributed by atoms with Gasteiger partial charge in [-0.15, -0.1) is 0 Å². The van der Waals surface area contributed by atoms with Crippen LogP contribution >= 0.6 is 0 Å². The number of unbranched alkanes of at least 4 members (excludes halogenated alkanes) is 1. The number of benzene rings is 1. The Hall–Kier alpha value is -1.76. The molecule has 0 radical (unpaired) electrons. The molecule has 1 aromatic rings. The van der Waals surface area contributed by atoms with Gasteiger partial charge in [-0.05, 0) is 31.0 Å². The highest BCUT2D eigenvalue weighted by Crippen LogP contribution is 2.34. The van der Waals surface area contributed by atoms with Crippen LogP contribution in [0, 0.1) is 0 Å². The van der Waals surface area contributed by atoms with Crippen LogP contribution in [0.2, 0.25) is 0 Å². The number of nitrogen functional groups attached to an aromatic ring is 1. The standard InChI is InChI=1S/C16H21F3N2O2/c1-2-3-8-23-12-6-7-21(10-12)15(22)13-5-4-11(20)9-14(13)16(17,18)19/h4-5,9,12H,2-3,6-8,10,20H2,1H3/t12-/m0/s1. The first-order chi connectivity index (χ1) is 10.8. The summed E-state index contributed by atoms with van der Waals surface area (Å²) in [5.74, 6) is -0.626. The smallest absolute Gasteiger partial charge is 0.399 e. The van der Waals surface area contributed by atoms with Crippen molar-refractivity contribution in [3.63, 3.8) is 0 Å². The molecular formula is C16H21F3N2O2. The van der Waals surface area contributed by atoms with E-state index in [1.54, 1.807) is 0 Å². The minimum Gasteiger partial charge on any atom is -0.399 e. The topological polar surface area (TPSA) is 55.6 Å². The maximum atomic E-state index is 13.1. The van der Waals surface area contributed by atoms with E-state index in [0.29, 0.717) is 26.1 Å². The van der Waals surface area contributed by atoms with Crippen LogP contribution in [0.25, 0.3) is 0 Å². The first-order valence-electron chi connectivity index (χ1n) is 7.70. The zero-order chi connectivity index (χ0) is 17.0. The van der Waals surface area contributed by atoms with Gasteiger partial charge in [0.1, 0.15) is 0 Å². The molecule has 1 saturated heterocycles. The van der Waals surface area contributed by atoms with E-state index >= 15 is 0 Å². The highest BCUT2D eigenvalue weighted by molar-refractivity contribution is 5.96. The second-order valence-corrected chi connectivity index (χ2v) is 5.69. The second kappa shape index (κ2) is 7.21. The third-order valence-electron chi connectivity index (χ3n) is 3.86. The van der Waals surface area contributed by atoms with Crippen LogP contribution in [0.4, 0.5) is 18.9 Å². The Bertz CT molecular complexity index is 561. The van der Waals surface area contributed by atoms with E-state index in [0.717, 1.165) is 25.0 Å². The summed E-state index contributed by atoms with van der Waals surface area (Å²) in [6.07, 6.45) is -2.13. The molecule has 0 saturated carbocycles. The largest absolute Gasteiger partial charge is 0.417 e. The van der Waals surface area contributed by atoms with Crippen LogP contribution in [0.5, 0.6) is 0 Å². The summed E-state index contributed by atoms with van der Waals surface area (Å²) in [6.45, 7) is 3.38. The molecule has 1 heterocycles. The monoisotopic (exact) mass is 330 g/mol. The van der Waals surface area contributed by atoms with Crippen molar-refractivity contribution in [2.75, 3.05) is 25.4 Å². The van der Waals surface area contributed by atoms with Gasteiger partial charge < -0.3 is 15.4 Å². The number of ether oxygens (including phenoxy) is 1. The number of carbonyl (C=O) groups is 1. The van der Waals surface area contributed by atoms with Gasteiger partial charge in [-0.3, -0.25) is 4.79 Å². The summed E-state index contributed by atoms with van der Waals surface area (Å²) < 4.78 is 45.0. The summed E-state index contributed by atoms with van der Waals surface area (Å²) in [7, 11) is 0. The summed E-state index contributed by atoms with van der Waals surface area (Å²) in [5.41, 5.74) is 4.06. The fourth-order valence-corrected chi connectivity index (χ4v) is 2.60. The molecule has 1 fully saturated rings. The average Bonchev–Trinajstić information content (AvgIpc) is 2.95. The number of alkyl halides is 3. The maximum Gasteiger partial charge on any atom is 0.417 e. The second-order valence-electron chi connectivity index (χ2n) is 5.69. The summed E-state index contributed by atoms with van der Waals surface area (Å²) in [5, 5.41) is 0. The Balaban J connectivity index is 2.10. The van der Waals surface area contributed by atoms with Crippen LogP contribution in [-0.2, 0) is 10.9 Å². The van der Waals surface area contributed by atoms with Gasteiger partial charge >= 0.3 is 6.18 Å². The molecule has 1 aliphatic heterocycles. The summed E-state index contributed by atoms with van der Waals surface area (Å²) in [6, 6.07) is 3.26. The van der Waals surface area contributed by atoms with E-state index in [2.05, 4.69) is 0 Å². The van der Waals surface area contributed by atoms with Gasteiger partial charge in [-0.1, -0.05) is 13.3 Å². The van der Waals surface area contributed by atoms with Gasteiger partial charge in [0.05, 0.1) is 17.2 Å². The van der Waals surface area contributed by atoms with Crippen LogP contribution < -0.4 is 5.73 Å². The Labute approximate surface area is 133 Å². The molecule has 2 rings (SSSR count). The van der Waals surface area contributed by atoms with Crippen molar-refractivity contribution < 1.29 is 22.7 Å². The third kappa shape index (κ3) is 4.37. The molecule has 2 N–H and O–H groups in total. The van der Waals surface area contributed by atoms with Crippen molar-refractivity contribution in [2.24, 2.45) is 0 Å². The van der Waals surface area contributed by atoms with Gasteiger partial charge in [0, 0.05) is 25.4 Å². The van der Waals surface area contributed by atoms with Gasteiger partial charge in [-0.25, -0.2) is 0 Å². The van der Waals surface area contributed by atoms with Crippen molar-refractivity contribution in [1.82, 2.24) is 4.90 Å². The summed E-state index contributed by atoms with van der Waals surface area (Å²) in [4.78, 5) is 13.8. The van der Waals surface area contributed by atoms with E-state index in [9.17, 15) is 18.0 Å². The average molecular weight is 330 g/mol. The van der Waals surface area contributed by atoms with E-state index in [1.807, 2.05) is 6.92 Å². The number of hydrogen-bond acceptors (Lipinski definition) is 3. The quantitative estimate of drug-likeness (QED) is 0.665. The van der Waals surface area contributed by atoms with Crippen molar-refractivity contribution in [3.8, 4) is 0 Å². The first kappa shape index (κ1) is 17.6. The molecule has 1 aromatic carbocycles. The SMILES string of the molecule is CCCCO[C@H]1CCN(C(=O)c2ccc(N)cc2C(F)(F)F)C1. The van der Waals surface area contributed by atoms with Crippen molar-refractivity contribution in [3.05, 3.63) is 29.3 Å². The van der Waals surface area contributed by atoms with Gasteiger partial charge in [0.2, 0.25) is 0 Å². The molecule has 1 amide bonds. The molecule has 0 aliphatic carbocycles. The lowest BCUT2D eigenvalue weighted by molar-refractivity contribution is -0.138. The number of hydrogen-bond donors (Lipinski definition) is 1. The minimum absolute atomic E-state index is 0.0175. The lowest BCUT2D eigenvalue weighted by Gasteiger charge is -2.20. The van der Waals surface area contributed by atoms with Crippen LogP contribution in [0.15, 0.2) is 18.2 Å². The van der Waals surface area contributed by atoms with Crippen LogP contribution in [-0.4, -0.2) is 36.6 Å². The highest BCUT2D eigenvalue weighted by Gasteiger charge is 2.37. The Kier molecular flexibility index (Phi) is 5.51. The van der Waals surface area contributed by atoms with Crippen LogP contribution in [0.3, 0.4) is 0 Å². The molecule has 0 spiro atoms. The number of anilines is 1. The Morgan fingerprint density at radius 1 is 1.43 bits per heavy atom. The van der Waals surface area contributed by atoms with Crippen molar-refractivity contribution in [1.29, 1.82) is 0 Å². The number of likely N-dealkylation sites (tertiary alicyclic amines) is 1. The number of amides is 1. The zero-order valence-corrected chi connectivity index (χ0v) is 13.0. The molecule has 23 heavy (non-hydrogen) atoms. The Morgan fingerprint density at radius 3 is 2.83 bits per heavy atom. The number of halogens is 3. The van der Waals surface area contributed by atoms with E-state index in [1.165, 1.54) is 11.0 Å². The predicted molar refractivity (Wildman–Crippen MR) is 81.0 cm³/mol. The maximum absolute atomic E-state index is 13.1. The molecule has 0 unspecified atom stereocenters. The number of carbonyl (C=O) groups excluding carboxylic acids is 1.